The Morgan fingerprint density at radius 1 is 1.07 bits per heavy atom. The maximum absolute atomic E-state index is 13.3. The summed E-state index contributed by atoms with van der Waals surface area (Å²) in [5, 5.41) is 3.11. The van der Waals surface area contributed by atoms with Crippen molar-refractivity contribution in [2.75, 3.05) is 5.32 Å². The number of imidazole rings is 1. The summed E-state index contributed by atoms with van der Waals surface area (Å²) in [6.45, 7) is 4.02. The molecule has 1 fully saturated rings. The number of pyridine rings is 1. The third kappa shape index (κ3) is 3.07. The van der Waals surface area contributed by atoms with Gasteiger partial charge in [-0.1, -0.05) is 30.3 Å². The van der Waals surface area contributed by atoms with Crippen LogP contribution in [0.15, 0.2) is 67.0 Å². The normalized spacial score (nSPS) is 14.6. The number of nitrogens with zero attached hydrogens (tertiary/aromatic N) is 2. The molecule has 0 unspecified atom stereocenters. The SMILES string of the molecule is Cc1ccc(-c2cn3cccc(C)c3n2)cc1NC(=O)C1(c2ccc(F)cc2)CC1. The predicted molar refractivity (Wildman–Crippen MR) is 116 cm³/mol. The minimum Gasteiger partial charge on any atom is -0.325 e. The van der Waals surface area contributed by atoms with Gasteiger partial charge in [0.2, 0.25) is 5.91 Å². The zero-order chi connectivity index (χ0) is 20.9. The molecule has 0 aliphatic heterocycles. The van der Waals surface area contributed by atoms with Crippen LogP contribution in [0.4, 0.5) is 10.1 Å². The van der Waals surface area contributed by atoms with Crippen molar-refractivity contribution in [3.8, 4) is 11.3 Å². The van der Waals surface area contributed by atoms with Crippen molar-refractivity contribution < 1.29 is 9.18 Å². The first-order valence-electron chi connectivity index (χ1n) is 10.1. The van der Waals surface area contributed by atoms with Gasteiger partial charge < -0.3 is 9.72 Å². The minimum absolute atomic E-state index is 0.0415. The lowest BCUT2D eigenvalue weighted by Crippen LogP contribution is -2.28. The Hall–Kier alpha value is -3.47. The van der Waals surface area contributed by atoms with E-state index in [1.165, 1.54) is 12.1 Å². The lowest BCUT2D eigenvalue weighted by atomic mass is 9.94. The molecule has 2 heterocycles. The van der Waals surface area contributed by atoms with E-state index in [0.717, 1.165) is 52.1 Å². The number of carbonyl (C=O) groups is 1. The molecule has 0 bridgehead atoms. The Morgan fingerprint density at radius 2 is 1.83 bits per heavy atom. The van der Waals surface area contributed by atoms with Gasteiger partial charge in [-0.3, -0.25) is 4.79 Å². The van der Waals surface area contributed by atoms with Crippen molar-refractivity contribution in [3.63, 3.8) is 0 Å². The van der Waals surface area contributed by atoms with Gasteiger partial charge >= 0.3 is 0 Å². The van der Waals surface area contributed by atoms with Crippen LogP contribution in [0, 0.1) is 19.7 Å². The van der Waals surface area contributed by atoms with Gasteiger partial charge in [0.1, 0.15) is 11.5 Å². The zero-order valence-corrected chi connectivity index (χ0v) is 16.9. The van der Waals surface area contributed by atoms with Crippen molar-refractivity contribution in [1.29, 1.82) is 0 Å². The number of hydrogen-bond acceptors (Lipinski definition) is 2. The molecule has 30 heavy (non-hydrogen) atoms. The number of benzene rings is 2. The molecule has 0 atom stereocenters. The molecule has 4 aromatic rings. The molecule has 4 nitrogen and oxygen atoms in total. The lowest BCUT2D eigenvalue weighted by molar-refractivity contribution is -0.118. The van der Waals surface area contributed by atoms with E-state index in [-0.39, 0.29) is 11.7 Å². The van der Waals surface area contributed by atoms with Gasteiger partial charge in [-0.05, 0) is 67.6 Å². The van der Waals surface area contributed by atoms with Crippen LogP contribution in [0.1, 0.15) is 29.5 Å². The maximum Gasteiger partial charge on any atom is 0.235 e. The van der Waals surface area contributed by atoms with Crippen molar-refractivity contribution in [2.24, 2.45) is 0 Å². The molecule has 1 saturated carbocycles. The summed E-state index contributed by atoms with van der Waals surface area (Å²) < 4.78 is 15.3. The van der Waals surface area contributed by atoms with Gasteiger partial charge in [0, 0.05) is 23.6 Å². The van der Waals surface area contributed by atoms with E-state index in [2.05, 4.69) is 5.32 Å². The number of hydrogen-bond donors (Lipinski definition) is 1. The molecular weight excluding hydrogens is 377 g/mol. The molecular formula is C25H22FN3O. The van der Waals surface area contributed by atoms with Gasteiger partial charge in [0.15, 0.2) is 0 Å². The number of aryl methyl sites for hydroxylation is 2. The summed E-state index contributed by atoms with van der Waals surface area (Å²) in [7, 11) is 0. The zero-order valence-electron chi connectivity index (χ0n) is 16.9. The van der Waals surface area contributed by atoms with Gasteiger partial charge in [-0.15, -0.1) is 0 Å². The van der Waals surface area contributed by atoms with E-state index >= 15 is 0 Å². The smallest absolute Gasteiger partial charge is 0.235 e. The fourth-order valence-electron chi connectivity index (χ4n) is 3.99. The molecule has 2 aromatic heterocycles. The van der Waals surface area contributed by atoms with Crippen LogP contribution in [0.2, 0.25) is 0 Å². The first kappa shape index (κ1) is 18.6. The number of amides is 1. The van der Waals surface area contributed by atoms with Crippen LogP contribution in [0.5, 0.6) is 0 Å². The Kier molecular flexibility index (Phi) is 4.21. The molecule has 5 rings (SSSR count). The lowest BCUT2D eigenvalue weighted by Gasteiger charge is -2.17. The number of carbonyl (C=O) groups excluding carboxylic acids is 1. The first-order valence-corrected chi connectivity index (χ1v) is 10.1. The fraction of sp³-hybridized carbons (Fsp3) is 0.200. The third-order valence-corrected chi connectivity index (χ3v) is 6.04. The number of nitrogens with one attached hydrogen (secondary N) is 1. The second-order valence-electron chi connectivity index (χ2n) is 8.12. The van der Waals surface area contributed by atoms with Gasteiger partial charge in [0.05, 0.1) is 11.1 Å². The summed E-state index contributed by atoms with van der Waals surface area (Å²) in [5.41, 5.74) is 5.92. The van der Waals surface area contributed by atoms with E-state index in [1.807, 2.05) is 61.0 Å². The minimum atomic E-state index is -0.559. The number of anilines is 1. The highest BCUT2D eigenvalue weighted by Gasteiger charge is 2.51. The van der Waals surface area contributed by atoms with Gasteiger partial charge in [0.25, 0.3) is 0 Å². The van der Waals surface area contributed by atoms with Crippen molar-refractivity contribution >= 4 is 17.2 Å². The predicted octanol–water partition coefficient (Wildman–Crippen LogP) is 5.43. The monoisotopic (exact) mass is 399 g/mol. The largest absolute Gasteiger partial charge is 0.325 e. The second-order valence-corrected chi connectivity index (χ2v) is 8.12. The summed E-state index contributed by atoms with van der Waals surface area (Å²) in [4.78, 5) is 17.9. The molecule has 0 saturated heterocycles. The van der Waals surface area contributed by atoms with Crippen molar-refractivity contribution in [2.45, 2.75) is 32.1 Å². The average Bonchev–Trinajstić information content (AvgIpc) is 3.43. The summed E-state index contributed by atoms with van der Waals surface area (Å²) in [6, 6.07) is 16.3. The quantitative estimate of drug-likeness (QED) is 0.498. The average molecular weight is 399 g/mol. The molecule has 2 aromatic carbocycles. The van der Waals surface area contributed by atoms with E-state index < -0.39 is 5.41 Å². The van der Waals surface area contributed by atoms with E-state index in [1.54, 1.807) is 12.1 Å². The second kappa shape index (κ2) is 6.80. The molecule has 1 amide bonds. The molecule has 1 N–H and O–H groups in total. The van der Waals surface area contributed by atoms with Crippen molar-refractivity contribution in [1.82, 2.24) is 9.38 Å². The van der Waals surface area contributed by atoms with E-state index in [9.17, 15) is 9.18 Å². The van der Waals surface area contributed by atoms with Crippen LogP contribution < -0.4 is 5.32 Å². The Labute approximate surface area is 174 Å². The Balaban J connectivity index is 1.46. The standard InChI is InChI=1S/C25H22FN3O/c1-16-5-6-18(22-15-29-13-3-4-17(2)23(29)27-22)14-21(16)28-24(30)25(11-12-25)19-7-9-20(26)10-8-19/h3-10,13-15H,11-12H2,1-2H3,(H,28,30). The highest BCUT2D eigenvalue weighted by Crippen LogP contribution is 2.49. The highest BCUT2D eigenvalue weighted by molar-refractivity contribution is 6.02. The molecule has 1 aliphatic carbocycles. The van der Waals surface area contributed by atoms with Crippen molar-refractivity contribution in [3.05, 3.63) is 89.5 Å². The van der Waals surface area contributed by atoms with Crippen LogP contribution in [-0.4, -0.2) is 15.3 Å². The van der Waals surface area contributed by atoms with E-state index in [4.69, 9.17) is 4.98 Å². The fourth-order valence-corrected chi connectivity index (χ4v) is 3.99. The van der Waals surface area contributed by atoms with Gasteiger partial charge in [-0.25, -0.2) is 9.37 Å². The molecule has 150 valence electrons. The first-order chi connectivity index (χ1) is 14.5. The highest BCUT2D eigenvalue weighted by atomic mass is 19.1. The van der Waals surface area contributed by atoms with Crippen LogP contribution in [0.3, 0.4) is 0 Å². The summed E-state index contributed by atoms with van der Waals surface area (Å²) in [5.74, 6) is -0.332. The maximum atomic E-state index is 13.3. The molecule has 5 heteroatoms. The summed E-state index contributed by atoms with van der Waals surface area (Å²) in [6.07, 6.45) is 5.53. The topological polar surface area (TPSA) is 46.4 Å². The number of fused-ring (bicyclic) bond motifs is 1. The number of aromatic nitrogens is 2. The van der Waals surface area contributed by atoms with E-state index in [0.29, 0.717) is 0 Å². The van der Waals surface area contributed by atoms with Crippen LogP contribution in [0.25, 0.3) is 16.9 Å². The number of rotatable bonds is 4. The van der Waals surface area contributed by atoms with Crippen LogP contribution >= 0.6 is 0 Å². The van der Waals surface area contributed by atoms with Crippen LogP contribution in [-0.2, 0) is 10.2 Å². The molecule has 1 aliphatic rings. The Morgan fingerprint density at radius 3 is 2.53 bits per heavy atom. The third-order valence-electron chi connectivity index (χ3n) is 6.04. The molecule has 0 spiro atoms. The summed E-state index contributed by atoms with van der Waals surface area (Å²) >= 11 is 0. The number of halogens is 1. The van der Waals surface area contributed by atoms with Gasteiger partial charge in [-0.2, -0.15) is 0 Å². The molecule has 0 radical (unpaired) electrons. The Bertz CT molecular complexity index is 1270.